The molecular weight excluding hydrogens is 358 g/mol. The Morgan fingerprint density at radius 2 is 2.20 bits per heavy atom. The zero-order valence-corrected chi connectivity index (χ0v) is 11.3. The Morgan fingerprint density at radius 1 is 1.40 bits per heavy atom. The monoisotopic (exact) mass is 370 g/mol. The number of anilines is 1. The summed E-state index contributed by atoms with van der Waals surface area (Å²) >= 11 is 0. The minimum absolute atomic E-state index is 0. The first-order chi connectivity index (χ1) is 6.72. The summed E-state index contributed by atoms with van der Waals surface area (Å²) in [5.41, 5.74) is 2.92. The number of aryl methyl sites for hydroxylation is 1. The van der Waals surface area contributed by atoms with Crippen LogP contribution >= 0.6 is 0 Å². The van der Waals surface area contributed by atoms with E-state index in [1.54, 1.807) is 0 Å². The van der Waals surface area contributed by atoms with Crippen LogP contribution < -0.4 is 5.32 Å². The van der Waals surface area contributed by atoms with Gasteiger partial charge in [0.1, 0.15) is 0 Å². The van der Waals surface area contributed by atoms with E-state index in [2.05, 4.69) is 18.3 Å². The van der Waals surface area contributed by atoms with E-state index in [1.807, 2.05) is 12.1 Å². The molecule has 2 aliphatic rings. The molecule has 1 aliphatic heterocycles. The third-order valence-corrected chi connectivity index (χ3v) is 3.36. The van der Waals surface area contributed by atoms with E-state index < -0.39 is 5.41 Å². The van der Waals surface area contributed by atoms with Gasteiger partial charge < -0.3 is 12.2 Å². The summed E-state index contributed by atoms with van der Waals surface area (Å²) in [6.07, 6.45) is 3.02. The Hall–Kier alpha value is -0.622. The molecule has 15 heavy (non-hydrogen) atoms. The van der Waals surface area contributed by atoms with Crippen LogP contribution in [0, 0.1) is 6.92 Å². The van der Waals surface area contributed by atoms with E-state index in [4.69, 9.17) is 0 Å². The average Bonchev–Trinajstić information content (AvgIpc) is 2.42. The van der Waals surface area contributed by atoms with Crippen LogP contribution in [0.5, 0.6) is 0 Å². The molecule has 2 nitrogen and oxygen atoms in total. The van der Waals surface area contributed by atoms with Gasteiger partial charge in [-0.15, -0.1) is 0 Å². The van der Waals surface area contributed by atoms with Gasteiger partial charge in [-0.2, -0.15) is 0 Å². The van der Waals surface area contributed by atoms with Crippen molar-refractivity contribution in [3.63, 3.8) is 0 Å². The molecule has 1 amide bonds. The number of carbonyl (C=O) groups excluding carboxylic acids is 1. The predicted octanol–water partition coefficient (Wildman–Crippen LogP) is 2.04. The molecule has 1 aliphatic carbocycles. The van der Waals surface area contributed by atoms with Crippen LogP contribution in [-0.2, 0) is 37.7 Å². The molecule has 1 aromatic carbocycles. The smallest absolute Gasteiger partial charge is 0.204 e. The number of rotatable bonds is 0. The molecule has 0 fully saturated rings. The molecule has 0 bridgehead atoms. The number of carbonyl (C=O) groups is 1. The minimum Gasteiger partial charge on any atom is -0.327 e. The Balaban J connectivity index is 0.000000853. The minimum atomic E-state index is -0.496. The van der Waals surface area contributed by atoms with Crippen molar-refractivity contribution >= 4 is 11.6 Å². The number of hydrogen-bond donors (Lipinski definition) is 1. The Morgan fingerprint density at radius 3 is 3.00 bits per heavy atom. The second-order valence-corrected chi connectivity index (χ2v) is 4.23. The average molecular weight is 370 g/mol. The van der Waals surface area contributed by atoms with Crippen molar-refractivity contribution < 1.29 is 25.9 Å². The van der Waals surface area contributed by atoms with Gasteiger partial charge in [-0.05, 0) is 29.0 Å². The largest absolute Gasteiger partial charge is 0.327 e. The number of nitrogens with one attached hydrogen (secondary N) is 1. The third-order valence-electron chi connectivity index (χ3n) is 3.36. The summed E-state index contributed by atoms with van der Waals surface area (Å²) in [6, 6.07) is 6.08. The molecule has 0 saturated heterocycles. The molecule has 0 aromatic heterocycles. The van der Waals surface area contributed by atoms with Crippen molar-refractivity contribution in [1.29, 1.82) is 0 Å². The molecule has 0 spiro atoms. The van der Waals surface area contributed by atoms with Crippen LogP contribution in [0.4, 0.5) is 5.69 Å². The van der Waals surface area contributed by atoms with Crippen molar-refractivity contribution in [3.8, 4) is 0 Å². The zero-order valence-electron chi connectivity index (χ0n) is 8.38. The molecule has 3 rings (SSSR count). The molecule has 3 heteroatoms. The van der Waals surface area contributed by atoms with E-state index >= 15 is 0 Å². The third kappa shape index (κ3) is 1.31. The Bertz CT molecular complexity index is 430. The van der Waals surface area contributed by atoms with E-state index in [9.17, 15) is 4.79 Å². The molecule has 1 N–H and O–H groups in total. The molecule has 1 heterocycles. The first-order valence-corrected chi connectivity index (χ1v) is 5.01. The number of hydrogen-bond acceptors (Lipinski definition) is 1. The van der Waals surface area contributed by atoms with Gasteiger partial charge in [0.15, 0.2) is 0 Å². The van der Waals surface area contributed by atoms with Crippen LogP contribution in [0.1, 0.15) is 24.0 Å². The Kier molecular flexibility index (Phi) is 2.50. The van der Waals surface area contributed by atoms with Gasteiger partial charge in [-0.3, -0.25) is 4.79 Å². The predicted molar refractivity (Wildman–Crippen MR) is 55.0 cm³/mol. The zero-order chi connectivity index (χ0) is 9.76. The fourth-order valence-electron chi connectivity index (χ4n) is 2.65. The van der Waals surface area contributed by atoms with Gasteiger partial charge in [0.2, 0.25) is 5.91 Å². The number of amides is 1. The molecule has 1 atom stereocenters. The first kappa shape index (κ1) is 10.9. The number of benzene rings is 1. The van der Waals surface area contributed by atoms with Crippen LogP contribution in [0.2, 0.25) is 0 Å². The van der Waals surface area contributed by atoms with Gasteiger partial charge in [0.25, 0.3) is 0 Å². The molecule has 0 saturated carbocycles. The van der Waals surface area contributed by atoms with Crippen molar-refractivity contribution in [1.82, 2.24) is 0 Å². The van der Waals surface area contributed by atoms with Crippen molar-refractivity contribution in [2.24, 2.45) is 0 Å². The van der Waals surface area contributed by atoms with Crippen LogP contribution in [0.15, 0.2) is 18.2 Å². The standard InChI is InChI=1S/C12H12NO.W/c1-12-7-3-5-8-4-2-6-9(10(8)12)13-11(12)14;/h2,4,6H,1,3,5,7H2,(H,13,14);/q-1;/t12-;/m1./s1. The van der Waals surface area contributed by atoms with Crippen molar-refractivity contribution in [2.75, 3.05) is 5.32 Å². The van der Waals surface area contributed by atoms with Gasteiger partial charge in [0.05, 0.1) is 0 Å². The SMILES string of the molecule is [CH2-][C@@]12CCCc3cccc(c31)NC2=O.[W]. The Labute approximate surface area is 104 Å². The topological polar surface area (TPSA) is 29.1 Å². The molecule has 1 aromatic rings. The summed E-state index contributed by atoms with van der Waals surface area (Å²) in [7, 11) is 0. The van der Waals surface area contributed by atoms with Gasteiger partial charge >= 0.3 is 0 Å². The first-order valence-electron chi connectivity index (χ1n) is 5.01. The second-order valence-electron chi connectivity index (χ2n) is 4.23. The van der Waals surface area contributed by atoms with E-state index in [-0.39, 0.29) is 27.0 Å². The van der Waals surface area contributed by atoms with Gasteiger partial charge in [-0.25, -0.2) is 0 Å². The molecule has 0 radical (unpaired) electrons. The molecular formula is C12H12NOW-. The quantitative estimate of drug-likeness (QED) is 0.696. The maximum absolute atomic E-state index is 11.8. The van der Waals surface area contributed by atoms with Gasteiger partial charge in [0, 0.05) is 26.8 Å². The fourth-order valence-corrected chi connectivity index (χ4v) is 2.65. The summed E-state index contributed by atoms with van der Waals surface area (Å²) in [4.78, 5) is 11.8. The summed E-state index contributed by atoms with van der Waals surface area (Å²) in [5, 5.41) is 2.92. The summed E-state index contributed by atoms with van der Waals surface area (Å²) in [5.74, 6) is 0.0691. The van der Waals surface area contributed by atoms with Crippen molar-refractivity contribution in [2.45, 2.75) is 24.7 Å². The van der Waals surface area contributed by atoms with E-state index in [1.165, 1.54) is 5.56 Å². The van der Waals surface area contributed by atoms with Crippen LogP contribution in [-0.4, -0.2) is 5.91 Å². The fraction of sp³-hybridized carbons (Fsp3) is 0.333. The maximum atomic E-state index is 11.8. The van der Waals surface area contributed by atoms with E-state index in [0.717, 1.165) is 30.5 Å². The van der Waals surface area contributed by atoms with Gasteiger partial charge in [-0.1, -0.05) is 25.0 Å². The van der Waals surface area contributed by atoms with Crippen molar-refractivity contribution in [3.05, 3.63) is 36.2 Å². The summed E-state index contributed by atoms with van der Waals surface area (Å²) < 4.78 is 0. The summed E-state index contributed by atoms with van der Waals surface area (Å²) in [6.45, 7) is 4.11. The van der Waals surface area contributed by atoms with Crippen LogP contribution in [0.25, 0.3) is 0 Å². The van der Waals surface area contributed by atoms with Crippen LogP contribution in [0.3, 0.4) is 0 Å². The normalized spacial score (nSPS) is 26.6. The second kappa shape index (κ2) is 3.45. The molecule has 78 valence electrons. The maximum Gasteiger partial charge on any atom is 0.204 e. The molecule has 0 unspecified atom stereocenters. The van der Waals surface area contributed by atoms with E-state index in [0.29, 0.717) is 0 Å².